The number of carbonyl (C=O) groups excluding carboxylic acids is 2. The second kappa shape index (κ2) is 11.1. The first kappa shape index (κ1) is 22.3. The van der Waals surface area contributed by atoms with Crippen LogP contribution in [0.5, 0.6) is 11.5 Å². The van der Waals surface area contributed by atoms with Crippen LogP contribution in [0.25, 0.3) is 6.08 Å². The average Bonchev–Trinajstić information content (AvgIpc) is 2.81. The SMILES string of the molecule is CCOc1ccc(/C=N\NC(=O)/C(=C\c2ccccc2O)NC(=O)c2ccccc2)cc1. The molecule has 2 amide bonds. The maximum Gasteiger partial charge on any atom is 0.287 e. The maximum absolute atomic E-state index is 12.7. The summed E-state index contributed by atoms with van der Waals surface area (Å²) in [7, 11) is 0. The number of nitrogens with zero attached hydrogens (tertiary/aromatic N) is 1. The number of hydrogen-bond donors (Lipinski definition) is 3. The second-order valence-corrected chi connectivity index (χ2v) is 6.64. The van der Waals surface area contributed by atoms with Gasteiger partial charge in [0.1, 0.15) is 17.2 Å². The third-order valence-electron chi connectivity index (χ3n) is 4.34. The molecule has 3 aromatic carbocycles. The molecule has 0 fully saturated rings. The molecule has 3 rings (SSSR count). The van der Waals surface area contributed by atoms with E-state index in [2.05, 4.69) is 15.8 Å². The van der Waals surface area contributed by atoms with Gasteiger partial charge in [0, 0.05) is 11.1 Å². The summed E-state index contributed by atoms with van der Waals surface area (Å²) >= 11 is 0. The van der Waals surface area contributed by atoms with Crippen molar-refractivity contribution in [3.63, 3.8) is 0 Å². The Hall–Kier alpha value is -4.39. The Balaban J connectivity index is 1.76. The number of amides is 2. The Kier molecular flexibility index (Phi) is 7.75. The van der Waals surface area contributed by atoms with Gasteiger partial charge in [0.15, 0.2) is 0 Å². The van der Waals surface area contributed by atoms with Gasteiger partial charge < -0.3 is 15.2 Å². The molecule has 3 aromatic rings. The van der Waals surface area contributed by atoms with Crippen molar-refractivity contribution in [2.24, 2.45) is 5.10 Å². The predicted molar refractivity (Wildman–Crippen MR) is 123 cm³/mol. The summed E-state index contributed by atoms with van der Waals surface area (Å²) in [5.41, 5.74) is 3.86. The lowest BCUT2D eigenvalue weighted by atomic mass is 10.1. The zero-order valence-electron chi connectivity index (χ0n) is 17.5. The molecule has 0 heterocycles. The summed E-state index contributed by atoms with van der Waals surface area (Å²) in [6.45, 7) is 2.48. The first-order valence-corrected chi connectivity index (χ1v) is 9.99. The second-order valence-electron chi connectivity index (χ2n) is 6.64. The first-order chi connectivity index (χ1) is 15.6. The van der Waals surface area contributed by atoms with Crippen LogP contribution in [0, 0.1) is 0 Å². The summed E-state index contributed by atoms with van der Waals surface area (Å²) in [6.07, 6.45) is 2.86. The molecule has 7 heteroatoms. The third kappa shape index (κ3) is 6.30. The minimum Gasteiger partial charge on any atom is -0.507 e. The molecule has 0 atom stereocenters. The van der Waals surface area contributed by atoms with Crippen LogP contribution in [-0.4, -0.2) is 29.7 Å². The molecule has 162 valence electrons. The van der Waals surface area contributed by atoms with Gasteiger partial charge in [-0.25, -0.2) is 5.43 Å². The highest BCUT2D eigenvalue weighted by Crippen LogP contribution is 2.18. The summed E-state index contributed by atoms with van der Waals surface area (Å²) in [5.74, 6) is -0.382. The zero-order valence-corrected chi connectivity index (χ0v) is 17.5. The van der Waals surface area contributed by atoms with E-state index in [9.17, 15) is 14.7 Å². The van der Waals surface area contributed by atoms with Crippen molar-refractivity contribution in [2.75, 3.05) is 6.61 Å². The quantitative estimate of drug-likeness (QED) is 0.289. The van der Waals surface area contributed by atoms with Gasteiger partial charge in [0.05, 0.1) is 12.8 Å². The van der Waals surface area contributed by atoms with Crippen LogP contribution in [-0.2, 0) is 4.79 Å². The molecule has 32 heavy (non-hydrogen) atoms. The lowest BCUT2D eigenvalue weighted by Gasteiger charge is -2.10. The van der Waals surface area contributed by atoms with Gasteiger partial charge in [-0.15, -0.1) is 0 Å². The largest absolute Gasteiger partial charge is 0.507 e. The molecule has 0 bridgehead atoms. The van der Waals surface area contributed by atoms with Crippen molar-refractivity contribution < 1.29 is 19.4 Å². The lowest BCUT2D eigenvalue weighted by molar-refractivity contribution is -0.117. The van der Waals surface area contributed by atoms with Gasteiger partial charge in [-0.05, 0) is 61.0 Å². The number of hydrogen-bond acceptors (Lipinski definition) is 5. The van der Waals surface area contributed by atoms with Crippen LogP contribution in [0.3, 0.4) is 0 Å². The molecule has 0 aliphatic rings. The van der Waals surface area contributed by atoms with Gasteiger partial charge in [0.25, 0.3) is 11.8 Å². The van der Waals surface area contributed by atoms with E-state index in [1.54, 1.807) is 72.8 Å². The number of phenols is 1. The number of nitrogens with one attached hydrogen (secondary N) is 2. The van der Waals surface area contributed by atoms with Gasteiger partial charge in [-0.1, -0.05) is 36.4 Å². The molecule has 0 saturated heterocycles. The highest BCUT2D eigenvalue weighted by atomic mass is 16.5. The Morgan fingerprint density at radius 3 is 2.34 bits per heavy atom. The molecule has 0 spiro atoms. The molecule has 0 unspecified atom stereocenters. The molecular formula is C25H23N3O4. The fourth-order valence-electron chi connectivity index (χ4n) is 2.75. The predicted octanol–water partition coefficient (Wildman–Crippen LogP) is 3.71. The fourth-order valence-corrected chi connectivity index (χ4v) is 2.75. The summed E-state index contributed by atoms with van der Waals surface area (Å²) in [4.78, 5) is 25.3. The van der Waals surface area contributed by atoms with E-state index in [-0.39, 0.29) is 11.4 Å². The average molecular weight is 429 g/mol. The minimum absolute atomic E-state index is 0.0235. The molecule has 0 aliphatic heterocycles. The van der Waals surface area contributed by atoms with Crippen LogP contribution in [0.15, 0.2) is 89.7 Å². The van der Waals surface area contributed by atoms with Gasteiger partial charge in [0.2, 0.25) is 0 Å². The molecule has 0 radical (unpaired) electrons. The van der Waals surface area contributed by atoms with Gasteiger partial charge in [-0.3, -0.25) is 9.59 Å². The topological polar surface area (TPSA) is 100 Å². The lowest BCUT2D eigenvalue weighted by Crippen LogP contribution is -2.32. The number of benzene rings is 3. The molecule has 0 aliphatic carbocycles. The number of rotatable bonds is 8. The molecule has 0 aromatic heterocycles. The number of hydrazone groups is 1. The van der Waals surface area contributed by atoms with Crippen molar-refractivity contribution in [2.45, 2.75) is 6.92 Å². The number of carbonyl (C=O) groups is 2. The Morgan fingerprint density at radius 2 is 1.66 bits per heavy atom. The van der Waals surface area contributed by atoms with Crippen LogP contribution >= 0.6 is 0 Å². The summed E-state index contributed by atoms with van der Waals surface area (Å²) in [6, 6.07) is 22.2. The van der Waals surface area contributed by atoms with E-state index >= 15 is 0 Å². The molecule has 3 N–H and O–H groups in total. The third-order valence-corrected chi connectivity index (χ3v) is 4.34. The Morgan fingerprint density at radius 1 is 0.969 bits per heavy atom. The van der Waals surface area contributed by atoms with E-state index < -0.39 is 11.8 Å². The number of aromatic hydroxyl groups is 1. The first-order valence-electron chi connectivity index (χ1n) is 9.99. The zero-order chi connectivity index (χ0) is 22.8. The normalized spacial score (nSPS) is 11.2. The van der Waals surface area contributed by atoms with Gasteiger partial charge in [-0.2, -0.15) is 5.10 Å². The smallest absolute Gasteiger partial charge is 0.287 e. The standard InChI is InChI=1S/C25H23N3O4/c1-2-32-21-14-12-18(13-15-21)17-26-28-25(31)22(16-20-10-6-7-11-23(20)29)27-24(30)19-8-4-3-5-9-19/h3-17,29H,2H2,1H3,(H,27,30)(H,28,31)/b22-16+,26-17-. The molecule has 0 saturated carbocycles. The van der Waals surface area contributed by atoms with E-state index in [1.165, 1.54) is 18.4 Å². The van der Waals surface area contributed by atoms with E-state index in [1.807, 2.05) is 6.92 Å². The molecule has 7 nitrogen and oxygen atoms in total. The minimum atomic E-state index is -0.639. The summed E-state index contributed by atoms with van der Waals surface area (Å²) in [5, 5.41) is 16.6. The Bertz CT molecular complexity index is 1120. The Labute approximate surface area is 186 Å². The van der Waals surface area contributed by atoms with Crippen LogP contribution < -0.4 is 15.5 Å². The van der Waals surface area contributed by atoms with Crippen molar-refractivity contribution in [3.8, 4) is 11.5 Å². The fraction of sp³-hybridized carbons (Fsp3) is 0.0800. The monoisotopic (exact) mass is 429 g/mol. The van der Waals surface area contributed by atoms with E-state index in [4.69, 9.17) is 4.74 Å². The number of para-hydroxylation sites is 1. The van der Waals surface area contributed by atoms with Crippen LogP contribution in [0.1, 0.15) is 28.4 Å². The highest BCUT2D eigenvalue weighted by Gasteiger charge is 2.15. The van der Waals surface area contributed by atoms with Crippen molar-refractivity contribution in [1.29, 1.82) is 0 Å². The van der Waals surface area contributed by atoms with E-state index in [0.29, 0.717) is 17.7 Å². The van der Waals surface area contributed by atoms with Crippen LogP contribution in [0.4, 0.5) is 0 Å². The number of ether oxygens (including phenoxy) is 1. The van der Waals surface area contributed by atoms with Crippen LogP contribution in [0.2, 0.25) is 0 Å². The number of phenolic OH excluding ortho intramolecular Hbond substituents is 1. The molecular weight excluding hydrogens is 406 g/mol. The van der Waals surface area contributed by atoms with Crippen molar-refractivity contribution in [3.05, 3.63) is 101 Å². The van der Waals surface area contributed by atoms with Crippen molar-refractivity contribution in [1.82, 2.24) is 10.7 Å². The maximum atomic E-state index is 12.7. The highest BCUT2D eigenvalue weighted by molar-refractivity contribution is 6.05. The van der Waals surface area contributed by atoms with Gasteiger partial charge >= 0.3 is 0 Å². The van der Waals surface area contributed by atoms with E-state index in [0.717, 1.165) is 11.3 Å². The summed E-state index contributed by atoms with van der Waals surface area (Å²) < 4.78 is 5.39. The van der Waals surface area contributed by atoms with Crippen molar-refractivity contribution >= 4 is 24.1 Å².